The van der Waals surface area contributed by atoms with E-state index in [1.807, 2.05) is 30.3 Å². The van der Waals surface area contributed by atoms with Gasteiger partial charge in [0.15, 0.2) is 0 Å². The lowest BCUT2D eigenvalue weighted by Crippen LogP contribution is -1.93. The number of hydrogen-bond acceptors (Lipinski definition) is 2. The molecule has 0 aromatic heterocycles. The predicted octanol–water partition coefficient (Wildman–Crippen LogP) is 8.80. The van der Waals surface area contributed by atoms with E-state index in [1.165, 1.54) is 62.1 Å². The lowest BCUT2D eigenvalue weighted by Gasteiger charge is -2.07. The van der Waals surface area contributed by atoms with Gasteiger partial charge in [0.1, 0.15) is 5.82 Å². The van der Waals surface area contributed by atoms with Gasteiger partial charge in [-0.1, -0.05) is 107 Å². The normalized spacial score (nSPS) is 11.6. The van der Waals surface area contributed by atoms with Gasteiger partial charge in [-0.25, -0.2) is 4.39 Å². The fourth-order valence-electron chi connectivity index (χ4n) is 4.10. The number of hydrogen-bond donors (Lipinski definition) is 0. The van der Waals surface area contributed by atoms with Crippen LogP contribution in [0.3, 0.4) is 0 Å². The Kier molecular flexibility index (Phi) is 10.7. The maximum absolute atomic E-state index is 14.8. The predicted molar refractivity (Wildman–Crippen MR) is 145 cm³/mol. The average Bonchev–Trinajstić information content (AvgIpc) is 2.86. The summed E-state index contributed by atoms with van der Waals surface area (Å²) in [5, 5.41) is 8.35. The number of halogens is 1. The van der Waals surface area contributed by atoms with Gasteiger partial charge in [-0.15, -0.1) is 0 Å². The van der Waals surface area contributed by atoms with Gasteiger partial charge in [-0.2, -0.15) is 10.2 Å². The van der Waals surface area contributed by atoms with Gasteiger partial charge >= 0.3 is 0 Å². The molecule has 0 amide bonds. The van der Waals surface area contributed by atoms with Crippen molar-refractivity contribution in [3.63, 3.8) is 0 Å². The highest BCUT2D eigenvalue weighted by Crippen LogP contribution is 2.24. The molecule has 0 spiro atoms. The maximum Gasteiger partial charge on any atom is 0.131 e. The quantitative estimate of drug-likeness (QED) is 0.139. The van der Waals surface area contributed by atoms with Gasteiger partial charge in [-0.05, 0) is 59.6 Å². The molecule has 0 heterocycles. The number of aryl methyl sites for hydroxylation is 2. The Bertz CT molecular complexity index is 1070. The summed E-state index contributed by atoms with van der Waals surface area (Å²) >= 11 is 0. The van der Waals surface area contributed by atoms with Gasteiger partial charge in [0.05, 0.1) is 12.4 Å². The molecule has 0 fully saturated rings. The van der Waals surface area contributed by atoms with Crippen LogP contribution in [-0.4, -0.2) is 12.4 Å². The number of unbranched alkanes of at least 4 members (excludes halogenated alkanes) is 5. The molecule has 0 aliphatic carbocycles. The first-order valence-corrected chi connectivity index (χ1v) is 12.7. The minimum atomic E-state index is -0.245. The smallest absolute Gasteiger partial charge is 0.131 e. The van der Waals surface area contributed by atoms with E-state index in [-0.39, 0.29) is 5.82 Å². The van der Waals surface area contributed by atoms with Crippen molar-refractivity contribution in [1.29, 1.82) is 0 Å². The third-order valence-electron chi connectivity index (χ3n) is 6.15. The third-order valence-corrected chi connectivity index (χ3v) is 6.15. The highest BCUT2D eigenvalue weighted by molar-refractivity contribution is 5.84. The largest absolute Gasteiger partial charge is 0.206 e. The summed E-state index contributed by atoms with van der Waals surface area (Å²) in [6.07, 6.45) is 14.2. The second-order valence-electron chi connectivity index (χ2n) is 8.89. The Morgan fingerprint density at radius 3 is 2.18 bits per heavy atom. The van der Waals surface area contributed by atoms with E-state index in [0.29, 0.717) is 11.1 Å². The van der Waals surface area contributed by atoms with Crippen molar-refractivity contribution in [3.05, 3.63) is 94.8 Å². The molecule has 178 valence electrons. The summed E-state index contributed by atoms with van der Waals surface area (Å²) in [5.41, 5.74) is 5.90. The van der Waals surface area contributed by atoms with E-state index in [1.54, 1.807) is 12.4 Å². The zero-order valence-electron chi connectivity index (χ0n) is 20.6. The topological polar surface area (TPSA) is 24.7 Å². The standard InChI is InChI=1S/C31H37FN2/c1-3-5-7-9-12-25-16-19-28(20-17-25)30-21-18-26(22-31(30)32)23-33-34-24-29-15-11-10-14-27(29)13-8-6-4-2/h10-11,14-24H,3-9,12-13H2,1-2H3. The van der Waals surface area contributed by atoms with Crippen molar-refractivity contribution in [2.45, 2.75) is 71.6 Å². The van der Waals surface area contributed by atoms with E-state index in [2.05, 4.69) is 54.4 Å². The fourth-order valence-corrected chi connectivity index (χ4v) is 4.10. The van der Waals surface area contributed by atoms with Gasteiger partial charge in [0.2, 0.25) is 0 Å². The third kappa shape index (κ3) is 8.06. The van der Waals surface area contributed by atoms with E-state index in [9.17, 15) is 4.39 Å². The lowest BCUT2D eigenvalue weighted by molar-refractivity contribution is 0.631. The van der Waals surface area contributed by atoms with Crippen molar-refractivity contribution < 1.29 is 4.39 Å². The van der Waals surface area contributed by atoms with Gasteiger partial charge < -0.3 is 0 Å². The molecule has 2 nitrogen and oxygen atoms in total. The zero-order chi connectivity index (χ0) is 24.0. The second-order valence-corrected chi connectivity index (χ2v) is 8.89. The molecule has 0 saturated heterocycles. The SMILES string of the molecule is CCCCCCc1ccc(-c2ccc(C=NN=Cc3ccccc3CCCCC)cc2F)cc1. The van der Waals surface area contributed by atoms with E-state index >= 15 is 0 Å². The van der Waals surface area contributed by atoms with Crippen LogP contribution >= 0.6 is 0 Å². The van der Waals surface area contributed by atoms with Crippen molar-refractivity contribution in [3.8, 4) is 11.1 Å². The summed E-state index contributed by atoms with van der Waals surface area (Å²) in [4.78, 5) is 0. The lowest BCUT2D eigenvalue weighted by atomic mass is 10.00. The first kappa shape index (κ1) is 25.6. The molecular formula is C31H37FN2. The summed E-state index contributed by atoms with van der Waals surface area (Å²) < 4.78 is 14.8. The minimum absolute atomic E-state index is 0.245. The van der Waals surface area contributed by atoms with Gasteiger partial charge in [0.25, 0.3) is 0 Å². The second kappa shape index (κ2) is 14.2. The molecule has 0 radical (unpaired) electrons. The molecule has 0 aliphatic rings. The van der Waals surface area contributed by atoms with Crippen LogP contribution in [0.2, 0.25) is 0 Å². The van der Waals surface area contributed by atoms with Crippen molar-refractivity contribution >= 4 is 12.4 Å². The Hall–Kier alpha value is -3.07. The van der Waals surface area contributed by atoms with Crippen molar-refractivity contribution in [1.82, 2.24) is 0 Å². The van der Waals surface area contributed by atoms with Crippen LogP contribution in [0.5, 0.6) is 0 Å². The summed E-state index contributed by atoms with van der Waals surface area (Å²) in [6, 6.07) is 21.8. The Morgan fingerprint density at radius 1 is 0.706 bits per heavy atom. The molecule has 0 saturated carbocycles. The number of nitrogens with zero attached hydrogens (tertiary/aromatic N) is 2. The van der Waals surface area contributed by atoms with Crippen molar-refractivity contribution in [2.75, 3.05) is 0 Å². The molecular weight excluding hydrogens is 419 g/mol. The van der Waals surface area contributed by atoms with Crippen LogP contribution in [0.1, 0.15) is 81.0 Å². The molecule has 0 bridgehead atoms. The minimum Gasteiger partial charge on any atom is -0.206 e. The first-order chi connectivity index (χ1) is 16.7. The summed E-state index contributed by atoms with van der Waals surface area (Å²) in [6.45, 7) is 4.44. The van der Waals surface area contributed by atoms with E-state index in [4.69, 9.17) is 0 Å². The van der Waals surface area contributed by atoms with Crippen LogP contribution < -0.4 is 0 Å². The van der Waals surface area contributed by atoms with Crippen LogP contribution in [0, 0.1) is 5.82 Å². The molecule has 3 aromatic rings. The molecule has 34 heavy (non-hydrogen) atoms. The Balaban J connectivity index is 1.60. The summed E-state index contributed by atoms with van der Waals surface area (Å²) in [5.74, 6) is -0.245. The average molecular weight is 457 g/mol. The zero-order valence-corrected chi connectivity index (χ0v) is 20.6. The number of benzene rings is 3. The molecule has 3 rings (SSSR count). The molecule has 3 aromatic carbocycles. The molecule has 0 unspecified atom stereocenters. The van der Waals surface area contributed by atoms with Crippen molar-refractivity contribution in [2.24, 2.45) is 10.2 Å². The summed E-state index contributed by atoms with van der Waals surface area (Å²) in [7, 11) is 0. The van der Waals surface area contributed by atoms with Crippen LogP contribution in [0.4, 0.5) is 4.39 Å². The van der Waals surface area contributed by atoms with Gasteiger partial charge in [-0.3, -0.25) is 0 Å². The van der Waals surface area contributed by atoms with Gasteiger partial charge in [0, 0.05) is 5.56 Å². The molecule has 0 N–H and O–H groups in total. The maximum atomic E-state index is 14.8. The Morgan fingerprint density at radius 2 is 1.41 bits per heavy atom. The highest BCUT2D eigenvalue weighted by Gasteiger charge is 2.06. The highest BCUT2D eigenvalue weighted by atomic mass is 19.1. The van der Waals surface area contributed by atoms with Crippen LogP contribution in [0.15, 0.2) is 76.9 Å². The molecule has 0 aliphatic heterocycles. The fraction of sp³-hybridized carbons (Fsp3) is 0.355. The monoisotopic (exact) mass is 456 g/mol. The molecule has 3 heteroatoms. The number of rotatable bonds is 13. The van der Waals surface area contributed by atoms with Crippen LogP contribution in [-0.2, 0) is 12.8 Å². The first-order valence-electron chi connectivity index (χ1n) is 12.7. The van der Waals surface area contributed by atoms with E-state index in [0.717, 1.165) is 24.0 Å². The molecule has 0 atom stereocenters. The Labute approximate surface area is 204 Å². The van der Waals surface area contributed by atoms with Crippen LogP contribution in [0.25, 0.3) is 11.1 Å². The van der Waals surface area contributed by atoms with E-state index < -0.39 is 0 Å².